The molecule has 0 radical (unpaired) electrons. The number of hydrogen-bond donors (Lipinski definition) is 2. The highest BCUT2D eigenvalue weighted by molar-refractivity contribution is 14.1. The van der Waals surface area contributed by atoms with Gasteiger partial charge in [-0.2, -0.15) is 0 Å². The predicted octanol–water partition coefficient (Wildman–Crippen LogP) is 3.42. The minimum Gasteiger partial charge on any atom is -0.506 e. The number of phenols is 1. The van der Waals surface area contributed by atoms with E-state index in [9.17, 15) is 5.11 Å². The van der Waals surface area contributed by atoms with E-state index in [1.54, 1.807) is 0 Å². The molecule has 82 valence electrons. The van der Waals surface area contributed by atoms with Crippen molar-refractivity contribution in [3.05, 3.63) is 24.8 Å². The van der Waals surface area contributed by atoms with Gasteiger partial charge in [0, 0.05) is 6.04 Å². The van der Waals surface area contributed by atoms with Gasteiger partial charge in [0.1, 0.15) is 5.75 Å². The number of benzene rings is 1. The van der Waals surface area contributed by atoms with Gasteiger partial charge in [0.25, 0.3) is 0 Å². The lowest BCUT2D eigenvalue weighted by atomic mass is 9.98. The van der Waals surface area contributed by atoms with Crippen LogP contribution in [0.15, 0.2) is 12.1 Å². The Kier molecular flexibility index (Phi) is 4.11. The van der Waals surface area contributed by atoms with Crippen LogP contribution in [0.4, 0.5) is 0 Å². The van der Waals surface area contributed by atoms with Crippen molar-refractivity contribution in [1.29, 1.82) is 0 Å². The molecule has 2 nitrogen and oxygen atoms in total. The molecule has 0 aromatic heterocycles. The van der Waals surface area contributed by atoms with E-state index >= 15 is 0 Å². The van der Waals surface area contributed by atoms with Crippen LogP contribution in [0, 0.1) is 7.14 Å². The number of nitrogens with one attached hydrogen (secondary N) is 1. The van der Waals surface area contributed by atoms with E-state index in [1.807, 2.05) is 0 Å². The van der Waals surface area contributed by atoms with Crippen LogP contribution < -0.4 is 5.32 Å². The zero-order chi connectivity index (χ0) is 10.8. The van der Waals surface area contributed by atoms with Crippen LogP contribution in [-0.2, 0) is 0 Å². The van der Waals surface area contributed by atoms with E-state index in [-0.39, 0.29) is 0 Å². The van der Waals surface area contributed by atoms with E-state index in [1.165, 1.54) is 24.8 Å². The highest BCUT2D eigenvalue weighted by Gasteiger charge is 2.16. The first-order valence-electron chi connectivity index (χ1n) is 5.10. The molecule has 1 heterocycles. The molecule has 1 atom stereocenters. The van der Waals surface area contributed by atoms with Crippen molar-refractivity contribution < 1.29 is 5.11 Å². The van der Waals surface area contributed by atoms with Gasteiger partial charge < -0.3 is 10.4 Å². The maximum Gasteiger partial charge on any atom is 0.142 e. The summed E-state index contributed by atoms with van der Waals surface area (Å²) >= 11 is 4.38. The summed E-state index contributed by atoms with van der Waals surface area (Å²) in [7, 11) is 0. The zero-order valence-electron chi connectivity index (χ0n) is 8.26. The monoisotopic (exact) mass is 429 g/mol. The molecule has 2 rings (SSSR count). The fourth-order valence-electron chi connectivity index (χ4n) is 1.92. The smallest absolute Gasteiger partial charge is 0.142 e. The molecule has 0 aliphatic carbocycles. The third-order valence-corrected chi connectivity index (χ3v) is 4.40. The molecule has 1 fully saturated rings. The predicted molar refractivity (Wildman–Crippen MR) is 78.1 cm³/mol. The normalized spacial score (nSPS) is 21.6. The van der Waals surface area contributed by atoms with Crippen LogP contribution in [0.5, 0.6) is 5.75 Å². The van der Waals surface area contributed by atoms with Gasteiger partial charge in [0.2, 0.25) is 0 Å². The average molecular weight is 429 g/mol. The molecule has 0 unspecified atom stereocenters. The molecule has 1 aromatic carbocycles. The molecule has 2 N–H and O–H groups in total. The lowest BCUT2D eigenvalue weighted by Gasteiger charge is -2.24. The van der Waals surface area contributed by atoms with Crippen molar-refractivity contribution in [2.24, 2.45) is 0 Å². The van der Waals surface area contributed by atoms with Crippen LogP contribution >= 0.6 is 45.2 Å². The summed E-state index contributed by atoms with van der Waals surface area (Å²) in [6.45, 7) is 1.11. The van der Waals surface area contributed by atoms with Crippen LogP contribution in [0.3, 0.4) is 0 Å². The number of halogens is 2. The molecule has 1 saturated heterocycles. The van der Waals surface area contributed by atoms with Gasteiger partial charge >= 0.3 is 0 Å². The Balaban J connectivity index is 2.27. The van der Waals surface area contributed by atoms with E-state index in [0.717, 1.165) is 13.7 Å². The Morgan fingerprint density at radius 3 is 2.40 bits per heavy atom. The molecule has 1 aromatic rings. The standard InChI is InChI=1S/C11H13I2NO/c12-8-5-7(6-9(13)11(8)15)10-3-1-2-4-14-10/h5-6,10,14-15H,1-4H2/t10-/m0/s1. The Labute approximate surface area is 117 Å². The highest BCUT2D eigenvalue weighted by atomic mass is 127. The lowest BCUT2D eigenvalue weighted by Crippen LogP contribution is -2.26. The van der Waals surface area contributed by atoms with Gasteiger partial charge in [-0.05, 0) is 82.3 Å². The summed E-state index contributed by atoms with van der Waals surface area (Å²) in [5, 5.41) is 13.2. The fourth-order valence-corrected chi connectivity index (χ4v) is 3.74. The second kappa shape index (κ2) is 5.18. The van der Waals surface area contributed by atoms with Crippen LogP contribution in [-0.4, -0.2) is 11.7 Å². The maximum absolute atomic E-state index is 9.69. The Morgan fingerprint density at radius 1 is 1.20 bits per heavy atom. The lowest BCUT2D eigenvalue weighted by molar-refractivity contribution is 0.410. The summed E-state index contributed by atoms with van der Waals surface area (Å²) < 4.78 is 1.89. The maximum atomic E-state index is 9.69. The first kappa shape index (κ1) is 11.9. The van der Waals surface area contributed by atoms with Crippen molar-refractivity contribution in [3.8, 4) is 5.75 Å². The van der Waals surface area contributed by atoms with E-state index in [0.29, 0.717) is 11.8 Å². The fraction of sp³-hybridized carbons (Fsp3) is 0.455. The molecule has 0 spiro atoms. The third kappa shape index (κ3) is 2.76. The molecule has 1 aliphatic rings. The number of rotatable bonds is 1. The minimum atomic E-state index is 0.413. The van der Waals surface area contributed by atoms with Crippen LogP contribution in [0.2, 0.25) is 0 Å². The van der Waals surface area contributed by atoms with Crippen molar-refractivity contribution in [3.63, 3.8) is 0 Å². The first-order valence-corrected chi connectivity index (χ1v) is 7.25. The summed E-state index contributed by atoms with van der Waals surface area (Å²) in [4.78, 5) is 0. The highest BCUT2D eigenvalue weighted by Crippen LogP contribution is 2.32. The van der Waals surface area contributed by atoms with Gasteiger partial charge in [-0.25, -0.2) is 0 Å². The summed E-state index contributed by atoms with van der Waals surface area (Å²) in [5.74, 6) is 0.413. The number of hydrogen-bond acceptors (Lipinski definition) is 2. The first-order chi connectivity index (χ1) is 7.18. The molecule has 1 aliphatic heterocycles. The van der Waals surface area contributed by atoms with Crippen molar-refractivity contribution in [2.75, 3.05) is 6.54 Å². The van der Waals surface area contributed by atoms with Gasteiger partial charge in [-0.3, -0.25) is 0 Å². The van der Waals surface area contributed by atoms with Crippen LogP contribution in [0.25, 0.3) is 0 Å². The minimum absolute atomic E-state index is 0.413. The quantitative estimate of drug-likeness (QED) is 0.672. The van der Waals surface area contributed by atoms with E-state index in [4.69, 9.17) is 0 Å². The van der Waals surface area contributed by atoms with Gasteiger partial charge in [0.05, 0.1) is 7.14 Å². The van der Waals surface area contributed by atoms with Gasteiger partial charge in [0.15, 0.2) is 0 Å². The molecule has 0 saturated carbocycles. The summed E-state index contributed by atoms with van der Waals surface area (Å²) in [5.41, 5.74) is 1.31. The topological polar surface area (TPSA) is 32.3 Å². The number of piperidine rings is 1. The third-order valence-electron chi connectivity index (χ3n) is 2.75. The van der Waals surface area contributed by atoms with E-state index < -0.39 is 0 Å². The molecular weight excluding hydrogens is 416 g/mol. The van der Waals surface area contributed by atoms with Gasteiger partial charge in [-0.15, -0.1) is 0 Å². The second-order valence-corrected chi connectivity index (χ2v) is 6.16. The van der Waals surface area contributed by atoms with Gasteiger partial charge in [-0.1, -0.05) is 6.42 Å². The second-order valence-electron chi connectivity index (χ2n) is 3.84. The molecular formula is C11H13I2NO. The molecule has 4 heteroatoms. The molecule has 0 amide bonds. The Bertz CT molecular complexity index is 339. The Morgan fingerprint density at radius 2 is 1.87 bits per heavy atom. The van der Waals surface area contributed by atoms with Crippen molar-refractivity contribution in [1.82, 2.24) is 5.32 Å². The van der Waals surface area contributed by atoms with Crippen molar-refractivity contribution in [2.45, 2.75) is 25.3 Å². The summed E-state index contributed by atoms with van der Waals surface area (Å²) in [6.07, 6.45) is 3.78. The van der Waals surface area contributed by atoms with Crippen LogP contribution in [0.1, 0.15) is 30.9 Å². The largest absolute Gasteiger partial charge is 0.506 e. The summed E-state index contributed by atoms with van der Waals surface area (Å²) in [6, 6.07) is 4.64. The Hall–Kier alpha value is 0.440. The average Bonchev–Trinajstić information content (AvgIpc) is 2.26. The number of phenolic OH excluding ortho intramolecular Hbond substituents is 1. The zero-order valence-corrected chi connectivity index (χ0v) is 12.6. The van der Waals surface area contributed by atoms with Crippen molar-refractivity contribution >= 4 is 45.2 Å². The molecule has 15 heavy (non-hydrogen) atoms. The SMILES string of the molecule is Oc1c(I)cc([C@@H]2CCCCN2)cc1I. The van der Waals surface area contributed by atoms with E-state index in [2.05, 4.69) is 62.6 Å². The number of aromatic hydroxyl groups is 1. The molecule has 0 bridgehead atoms.